The van der Waals surface area contributed by atoms with Crippen molar-refractivity contribution in [2.75, 3.05) is 19.7 Å². The Morgan fingerprint density at radius 2 is 1.48 bits per heavy atom. The molecule has 0 heterocycles. The number of aryl methyl sites for hydroxylation is 1. The molecule has 0 fully saturated rings. The molecule has 0 spiro atoms. The molecule has 0 amide bonds. The summed E-state index contributed by atoms with van der Waals surface area (Å²) in [7, 11) is -3.74. The van der Waals surface area contributed by atoms with E-state index < -0.39 is 21.9 Å². The third-order valence-electron chi connectivity index (χ3n) is 7.80. The van der Waals surface area contributed by atoms with Gasteiger partial charge in [0.05, 0.1) is 28.1 Å². The zero-order chi connectivity index (χ0) is 33.9. The van der Waals surface area contributed by atoms with Crippen molar-refractivity contribution in [1.29, 1.82) is 0 Å². The van der Waals surface area contributed by atoms with Crippen LogP contribution in [-0.2, 0) is 27.5 Å². The number of hydrogen-bond donors (Lipinski definition) is 1. The molecule has 0 saturated heterocycles. The number of benzene rings is 5. The van der Waals surface area contributed by atoms with E-state index in [0.717, 1.165) is 36.1 Å². The van der Waals surface area contributed by atoms with Crippen molar-refractivity contribution in [3.8, 4) is 11.5 Å². The van der Waals surface area contributed by atoms with Gasteiger partial charge in [0, 0.05) is 18.1 Å². The largest absolute Gasteiger partial charge is 0.462 e. The molecule has 0 aliphatic heterocycles. The fourth-order valence-electron chi connectivity index (χ4n) is 5.34. The lowest BCUT2D eigenvalue weighted by atomic mass is 10.1. The highest BCUT2D eigenvalue weighted by molar-refractivity contribution is 7.91. The Morgan fingerprint density at radius 3 is 2.17 bits per heavy atom. The van der Waals surface area contributed by atoms with Gasteiger partial charge >= 0.3 is 5.97 Å². The number of aliphatic hydroxyl groups excluding tert-OH is 1. The topological polar surface area (TPSA) is 93.1 Å². The van der Waals surface area contributed by atoms with Crippen molar-refractivity contribution >= 4 is 27.4 Å². The van der Waals surface area contributed by atoms with Crippen molar-refractivity contribution in [2.24, 2.45) is 0 Å². The Morgan fingerprint density at radius 1 is 0.792 bits per heavy atom. The average Bonchev–Trinajstić information content (AvgIpc) is 3.09. The Hall–Kier alpha value is -4.47. The first-order chi connectivity index (χ1) is 23.2. The number of hydrogen-bond acceptors (Lipinski definition) is 7. The number of ether oxygens (including phenoxy) is 2. The summed E-state index contributed by atoms with van der Waals surface area (Å²) in [6.45, 7) is 3.90. The first kappa shape index (κ1) is 34.9. The highest BCUT2D eigenvalue weighted by Crippen LogP contribution is 2.27. The molecule has 1 N–H and O–H groups in total. The van der Waals surface area contributed by atoms with Crippen molar-refractivity contribution in [2.45, 2.75) is 42.2 Å². The summed E-state index contributed by atoms with van der Waals surface area (Å²) in [5.41, 5.74) is 3.33. The van der Waals surface area contributed by atoms with E-state index in [-0.39, 0.29) is 16.4 Å². The summed E-state index contributed by atoms with van der Waals surface area (Å²) < 4.78 is 37.7. The van der Waals surface area contributed by atoms with Crippen LogP contribution in [-0.4, -0.2) is 44.1 Å². The van der Waals surface area contributed by atoms with Crippen LogP contribution in [0.2, 0.25) is 5.02 Å². The van der Waals surface area contributed by atoms with Gasteiger partial charge in [-0.2, -0.15) is 0 Å². The Labute approximate surface area is 287 Å². The van der Waals surface area contributed by atoms with Crippen LogP contribution >= 0.6 is 11.6 Å². The SMILES string of the molecule is CCOC(=O)c1cccc(Oc2ccc(S(=O)(=O)c3ccc(CCCN(Cc4ccccc4)C[C@H](O)c4cccc(Cl)c4)cc3)cc2)c1. The van der Waals surface area contributed by atoms with E-state index in [9.17, 15) is 18.3 Å². The summed E-state index contributed by atoms with van der Waals surface area (Å²) >= 11 is 6.15. The van der Waals surface area contributed by atoms with E-state index in [2.05, 4.69) is 17.0 Å². The lowest BCUT2D eigenvalue weighted by Gasteiger charge is -2.25. The molecule has 48 heavy (non-hydrogen) atoms. The fourth-order valence-corrected chi connectivity index (χ4v) is 6.80. The molecule has 5 rings (SSSR count). The van der Waals surface area contributed by atoms with E-state index in [4.69, 9.17) is 21.1 Å². The minimum Gasteiger partial charge on any atom is -0.462 e. The standard InChI is InChI=1S/C39H38ClNO6S/c1-2-46-39(43)32-13-7-15-35(26-32)47-34-18-22-37(23-19-34)48(44,45)36-20-16-29(17-21-36)11-8-24-41(27-30-9-4-3-5-10-30)28-38(42)31-12-6-14-33(40)25-31/h3-7,9-10,12-23,25-26,38,42H,2,8,11,24,27-28H2,1H3/t38-/m0/s1. The third-order valence-corrected chi connectivity index (χ3v) is 9.82. The first-order valence-corrected chi connectivity index (χ1v) is 17.7. The van der Waals surface area contributed by atoms with Crippen LogP contribution in [0.1, 0.15) is 46.5 Å². The van der Waals surface area contributed by atoms with Crippen LogP contribution in [0.3, 0.4) is 0 Å². The van der Waals surface area contributed by atoms with Gasteiger partial charge in [0.2, 0.25) is 9.84 Å². The molecular weight excluding hydrogens is 646 g/mol. The second-order valence-corrected chi connectivity index (χ2v) is 13.8. The molecule has 0 radical (unpaired) electrons. The van der Waals surface area contributed by atoms with Crippen LogP contribution < -0.4 is 4.74 Å². The van der Waals surface area contributed by atoms with Crippen molar-refractivity contribution in [3.05, 3.63) is 155 Å². The molecule has 7 nitrogen and oxygen atoms in total. The second kappa shape index (κ2) is 16.6. The predicted octanol–water partition coefficient (Wildman–Crippen LogP) is 8.31. The fraction of sp³-hybridized carbons (Fsp3) is 0.205. The molecule has 9 heteroatoms. The highest BCUT2D eigenvalue weighted by atomic mass is 35.5. The summed E-state index contributed by atoms with van der Waals surface area (Å²) in [6.07, 6.45) is 0.897. The molecule has 0 bridgehead atoms. The summed E-state index contributed by atoms with van der Waals surface area (Å²) in [5, 5.41) is 11.5. The van der Waals surface area contributed by atoms with Gasteiger partial charge < -0.3 is 14.6 Å². The van der Waals surface area contributed by atoms with Crippen LogP contribution in [0.15, 0.2) is 137 Å². The Kier molecular flexibility index (Phi) is 12.0. The number of aliphatic hydroxyl groups is 1. The number of esters is 1. The molecule has 0 unspecified atom stereocenters. The van der Waals surface area contributed by atoms with Crippen molar-refractivity contribution in [3.63, 3.8) is 0 Å². The van der Waals surface area contributed by atoms with Gasteiger partial charge in [-0.05, 0) is 110 Å². The summed E-state index contributed by atoms with van der Waals surface area (Å²) in [4.78, 5) is 14.6. The third kappa shape index (κ3) is 9.55. The predicted molar refractivity (Wildman–Crippen MR) is 187 cm³/mol. The quantitative estimate of drug-likeness (QED) is 0.111. The zero-order valence-corrected chi connectivity index (χ0v) is 28.2. The molecule has 248 valence electrons. The Bertz CT molecular complexity index is 1900. The van der Waals surface area contributed by atoms with Gasteiger partial charge in [-0.1, -0.05) is 72.3 Å². The van der Waals surface area contributed by atoms with Crippen LogP contribution in [0.25, 0.3) is 0 Å². The van der Waals surface area contributed by atoms with Gasteiger partial charge in [-0.25, -0.2) is 13.2 Å². The van der Waals surface area contributed by atoms with Gasteiger partial charge in [0.15, 0.2) is 0 Å². The van der Waals surface area contributed by atoms with Gasteiger partial charge in [0.1, 0.15) is 11.5 Å². The van der Waals surface area contributed by atoms with E-state index in [0.29, 0.717) is 35.2 Å². The zero-order valence-electron chi connectivity index (χ0n) is 26.7. The second-order valence-electron chi connectivity index (χ2n) is 11.4. The molecule has 1 atom stereocenters. The maximum atomic E-state index is 13.4. The number of carbonyl (C=O) groups excluding carboxylic acids is 1. The summed E-state index contributed by atoms with van der Waals surface area (Å²) in [6, 6.07) is 37.2. The van der Waals surface area contributed by atoms with Crippen LogP contribution in [0, 0.1) is 0 Å². The maximum absolute atomic E-state index is 13.4. The van der Waals surface area contributed by atoms with Crippen molar-refractivity contribution in [1.82, 2.24) is 4.90 Å². The molecule has 0 saturated carbocycles. The maximum Gasteiger partial charge on any atom is 0.338 e. The first-order valence-electron chi connectivity index (χ1n) is 15.8. The smallest absolute Gasteiger partial charge is 0.338 e. The molecule has 5 aromatic carbocycles. The molecule has 5 aromatic rings. The molecule has 0 aliphatic carbocycles. The minimum atomic E-state index is -3.74. The number of rotatable bonds is 15. The highest BCUT2D eigenvalue weighted by Gasteiger charge is 2.19. The van der Waals surface area contributed by atoms with Gasteiger partial charge in [-0.3, -0.25) is 4.90 Å². The molecule has 0 aliphatic rings. The minimum absolute atomic E-state index is 0.151. The lowest BCUT2D eigenvalue weighted by molar-refractivity contribution is 0.0526. The number of nitrogens with zero attached hydrogens (tertiary/aromatic N) is 1. The van der Waals surface area contributed by atoms with E-state index >= 15 is 0 Å². The van der Waals surface area contributed by atoms with E-state index in [1.165, 1.54) is 12.1 Å². The van der Waals surface area contributed by atoms with Crippen LogP contribution in [0.4, 0.5) is 0 Å². The number of carbonyl (C=O) groups is 1. The normalized spacial score (nSPS) is 12.1. The van der Waals surface area contributed by atoms with E-state index in [1.54, 1.807) is 67.6 Å². The van der Waals surface area contributed by atoms with Gasteiger partial charge in [0.25, 0.3) is 0 Å². The van der Waals surface area contributed by atoms with E-state index in [1.807, 2.05) is 42.5 Å². The average molecular weight is 684 g/mol. The molecular formula is C39H38ClNO6S. The Balaban J connectivity index is 1.19. The summed E-state index contributed by atoms with van der Waals surface area (Å²) in [5.74, 6) is 0.434. The van der Waals surface area contributed by atoms with Crippen LogP contribution in [0.5, 0.6) is 11.5 Å². The van der Waals surface area contributed by atoms with Gasteiger partial charge in [-0.15, -0.1) is 0 Å². The molecule has 0 aromatic heterocycles. The van der Waals surface area contributed by atoms with Crippen molar-refractivity contribution < 1.29 is 27.8 Å². The number of sulfone groups is 1. The lowest BCUT2D eigenvalue weighted by Crippen LogP contribution is -2.29. The number of halogens is 1. The monoisotopic (exact) mass is 683 g/mol.